The molecular formula is C24H21ClN2O5S. The Balaban J connectivity index is 1.79. The molecule has 0 spiro atoms. The van der Waals surface area contributed by atoms with Crippen LogP contribution in [0.1, 0.15) is 10.4 Å². The lowest BCUT2D eigenvalue weighted by Gasteiger charge is -2.23. The first-order chi connectivity index (χ1) is 15.8. The molecule has 0 bridgehead atoms. The van der Waals surface area contributed by atoms with Gasteiger partial charge in [-0.3, -0.25) is 9.10 Å². The maximum absolute atomic E-state index is 13.3. The number of ether oxygens (including phenoxy) is 1. The van der Waals surface area contributed by atoms with Crippen LogP contribution in [0.15, 0.2) is 96.4 Å². The van der Waals surface area contributed by atoms with E-state index < -0.39 is 28.5 Å². The number of rotatable bonds is 9. The molecule has 0 radical (unpaired) electrons. The van der Waals surface area contributed by atoms with E-state index in [1.165, 1.54) is 18.2 Å². The van der Waals surface area contributed by atoms with Crippen LogP contribution in [0.25, 0.3) is 0 Å². The fraction of sp³-hybridized carbons (Fsp3) is 0.0833. The average molecular weight is 485 g/mol. The molecule has 0 fully saturated rings. The molecule has 3 aromatic rings. The number of benzene rings is 3. The summed E-state index contributed by atoms with van der Waals surface area (Å²) in [4.78, 5) is 24.4. The van der Waals surface area contributed by atoms with Crippen molar-refractivity contribution in [3.63, 3.8) is 0 Å². The predicted molar refractivity (Wildman–Crippen MR) is 128 cm³/mol. The highest BCUT2D eigenvalue weighted by atomic mass is 35.5. The number of anilines is 2. The average Bonchev–Trinajstić information content (AvgIpc) is 2.82. The Morgan fingerprint density at radius 1 is 1.00 bits per heavy atom. The van der Waals surface area contributed by atoms with Gasteiger partial charge in [0.05, 0.1) is 27.7 Å². The molecule has 7 nitrogen and oxygen atoms in total. The van der Waals surface area contributed by atoms with E-state index in [2.05, 4.69) is 11.9 Å². The summed E-state index contributed by atoms with van der Waals surface area (Å²) in [7, 11) is -4.04. The minimum atomic E-state index is -4.04. The van der Waals surface area contributed by atoms with E-state index in [0.29, 0.717) is 11.4 Å². The van der Waals surface area contributed by atoms with Crippen LogP contribution in [0.5, 0.6) is 0 Å². The first-order valence-electron chi connectivity index (χ1n) is 9.83. The molecule has 0 saturated heterocycles. The molecule has 9 heteroatoms. The van der Waals surface area contributed by atoms with Gasteiger partial charge in [-0.05, 0) is 42.5 Å². The lowest BCUT2D eigenvalue weighted by molar-refractivity contribution is -0.119. The zero-order valence-electron chi connectivity index (χ0n) is 17.5. The summed E-state index contributed by atoms with van der Waals surface area (Å²) in [6, 6.07) is 20.9. The quantitative estimate of drug-likeness (QED) is 0.356. The number of carbonyl (C=O) groups is 2. The maximum atomic E-state index is 13.3. The van der Waals surface area contributed by atoms with Gasteiger partial charge in [0, 0.05) is 5.69 Å². The Kier molecular flexibility index (Phi) is 7.87. The molecule has 0 aliphatic carbocycles. The molecule has 0 atom stereocenters. The van der Waals surface area contributed by atoms with Crippen LogP contribution in [0.3, 0.4) is 0 Å². The Morgan fingerprint density at radius 3 is 2.27 bits per heavy atom. The van der Waals surface area contributed by atoms with Gasteiger partial charge in [0.2, 0.25) is 0 Å². The second-order valence-corrected chi connectivity index (χ2v) is 9.06. The van der Waals surface area contributed by atoms with E-state index in [-0.39, 0.29) is 22.0 Å². The highest BCUT2D eigenvalue weighted by Gasteiger charge is 2.26. The van der Waals surface area contributed by atoms with Crippen molar-refractivity contribution in [3.05, 3.63) is 102 Å². The van der Waals surface area contributed by atoms with Gasteiger partial charge in [-0.2, -0.15) is 0 Å². The molecule has 0 saturated carbocycles. The van der Waals surface area contributed by atoms with E-state index in [4.69, 9.17) is 16.3 Å². The lowest BCUT2D eigenvalue weighted by atomic mass is 10.2. The van der Waals surface area contributed by atoms with Gasteiger partial charge in [-0.15, -0.1) is 6.58 Å². The van der Waals surface area contributed by atoms with Gasteiger partial charge in [-0.1, -0.05) is 54.1 Å². The molecule has 0 heterocycles. The molecule has 0 aliphatic rings. The van der Waals surface area contributed by atoms with Crippen molar-refractivity contribution in [2.24, 2.45) is 0 Å². The summed E-state index contributed by atoms with van der Waals surface area (Å²) in [5.41, 5.74) is 0.818. The summed E-state index contributed by atoms with van der Waals surface area (Å²) >= 11 is 6.12. The number of sulfonamides is 1. The van der Waals surface area contributed by atoms with Crippen molar-refractivity contribution in [3.8, 4) is 0 Å². The number of carbonyl (C=O) groups excluding carboxylic acids is 2. The zero-order chi connectivity index (χ0) is 23.8. The second kappa shape index (κ2) is 10.8. The van der Waals surface area contributed by atoms with Crippen LogP contribution in [0, 0.1) is 0 Å². The van der Waals surface area contributed by atoms with E-state index in [1.54, 1.807) is 60.7 Å². The number of nitrogens with zero attached hydrogens (tertiary/aromatic N) is 1. The summed E-state index contributed by atoms with van der Waals surface area (Å²) in [6.07, 6.45) is 1.46. The zero-order valence-corrected chi connectivity index (χ0v) is 19.1. The Hall–Kier alpha value is -3.62. The first kappa shape index (κ1) is 24.0. The minimum absolute atomic E-state index is 0.00241. The van der Waals surface area contributed by atoms with Gasteiger partial charge in [0.15, 0.2) is 6.61 Å². The monoisotopic (exact) mass is 484 g/mol. The molecule has 0 aromatic heterocycles. The maximum Gasteiger partial charge on any atom is 0.340 e. The fourth-order valence-electron chi connectivity index (χ4n) is 2.93. The summed E-state index contributed by atoms with van der Waals surface area (Å²) in [6.45, 7) is 3.09. The Labute approximate surface area is 197 Å². The largest absolute Gasteiger partial charge is 0.452 e. The van der Waals surface area contributed by atoms with Crippen molar-refractivity contribution >= 4 is 44.9 Å². The first-order valence-corrected chi connectivity index (χ1v) is 11.6. The lowest BCUT2D eigenvalue weighted by Crippen LogP contribution is -2.31. The number of amides is 1. The molecular weight excluding hydrogens is 464 g/mol. The summed E-state index contributed by atoms with van der Waals surface area (Å²) in [5, 5.41) is 2.58. The SMILES string of the molecule is C=CCN(c1ccccc1)S(=O)(=O)c1ccc(Cl)c(C(=O)OCC(=O)Nc2ccccc2)c1. The smallest absolute Gasteiger partial charge is 0.340 e. The molecule has 0 aliphatic heterocycles. The van der Waals surface area contributed by atoms with Crippen molar-refractivity contribution in [2.75, 3.05) is 22.8 Å². The molecule has 170 valence electrons. The topological polar surface area (TPSA) is 92.8 Å². The van der Waals surface area contributed by atoms with Crippen LogP contribution in [-0.4, -0.2) is 33.4 Å². The van der Waals surface area contributed by atoms with Crippen LogP contribution in [-0.2, 0) is 19.6 Å². The van der Waals surface area contributed by atoms with E-state index in [0.717, 1.165) is 10.4 Å². The highest BCUT2D eigenvalue weighted by molar-refractivity contribution is 7.92. The summed E-state index contributed by atoms with van der Waals surface area (Å²) < 4.78 is 32.8. The normalized spacial score (nSPS) is 10.8. The number of halogens is 1. The minimum Gasteiger partial charge on any atom is -0.452 e. The van der Waals surface area contributed by atoms with Crippen LogP contribution < -0.4 is 9.62 Å². The second-order valence-electron chi connectivity index (χ2n) is 6.79. The van der Waals surface area contributed by atoms with Gasteiger partial charge >= 0.3 is 5.97 Å². The third-order valence-electron chi connectivity index (χ3n) is 4.48. The van der Waals surface area contributed by atoms with Crippen LogP contribution >= 0.6 is 11.6 Å². The molecule has 3 aromatic carbocycles. The number of para-hydroxylation sites is 2. The number of esters is 1. The number of nitrogens with one attached hydrogen (secondary N) is 1. The molecule has 0 unspecified atom stereocenters. The predicted octanol–water partition coefficient (Wildman–Crippen LogP) is 4.52. The van der Waals surface area contributed by atoms with E-state index in [9.17, 15) is 18.0 Å². The van der Waals surface area contributed by atoms with Crippen LogP contribution in [0.4, 0.5) is 11.4 Å². The van der Waals surface area contributed by atoms with Gasteiger partial charge < -0.3 is 10.1 Å². The standard InChI is InChI=1S/C24H21ClN2O5S/c1-2-15-27(19-11-7-4-8-12-19)33(30,31)20-13-14-22(25)21(16-20)24(29)32-17-23(28)26-18-9-5-3-6-10-18/h2-14,16H,1,15,17H2,(H,26,28). The molecule has 1 N–H and O–H groups in total. The molecule has 33 heavy (non-hydrogen) atoms. The number of hydrogen-bond donors (Lipinski definition) is 1. The Bertz CT molecular complexity index is 1250. The Morgan fingerprint density at radius 2 is 1.64 bits per heavy atom. The van der Waals surface area contributed by atoms with E-state index in [1.807, 2.05) is 0 Å². The third kappa shape index (κ3) is 6.00. The molecule has 1 amide bonds. The van der Waals surface area contributed by atoms with Crippen molar-refractivity contribution < 1.29 is 22.7 Å². The highest BCUT2D eigenvalue weighted by Crippen LogP contribution is 2.27. The van der Waals surface area contributed by atoms with Crippen molar-refractivity contribution in [1.82, 2.24) is 0 Å². The van der Waals surface area contributed by atoms with Crippen molar-refractivity contribution in [2.45, 2.75) is 4.90 Å². The fourth-order valence-corrected chi connectivity index (χ4v) is 4.59. The molecule has 3 rings (SSSR count). The van der Waals surface area contributed by atoms with Crippen LogP contribution in [0.2, 0.25) is 5.02 Å². The van der Waals surface area contributed by atoms with Gasteiger partial charge in [0.25, 0.3) is 15.9 Å². The van der Waals surface area contributed by atoms with E-state index >= 15 is 0 Å². The van der Waals surface area contributed by atoms with Crippen molar-refractivity contribution in [1.29, 1.82) is 0 Å². The summed E-state index contributed by atoms with van der Waals surface area (Å²) in [5.74, 6) is -1.47. The van der Waals surface area contributed by atoms with Gasteiger partial charge in [-0.25, -0.2) is 13.2 Å². The third-order valence-corrected chi connectivity index (χ3v) is 6.60. The van der Waals surface area contributed by atoms with Gasteiger partial charge in [0.1, 0.15) is 0 Å². The number of hydrogen-bond acceptors (Lipinski definition) is 5.